The molecule has 7 nitrogen and oxygen atoms in total. The minimum Gasteiger partial charge on any atom is -0.309 e. The molecule has 0 saturated heterocycles. The van der Waals surface area contributed by atoms with Gasteiger partial charge in [0.15, 0.2) is 16.3 Å². The molecule has 0 saturated carbocycles. The van der Waals surface area contributed by atoms with Gasteiger partial charge in [-0.2, -0.15) is 0 Å². The zero-order chi connectivity index (χ0) is 16.6. The van der Waals surface area contributed by atoms with Crippen molar-refractivity contribution >= 4 is 28.7 Å². The maximum Gasteiger partial charge on any atom is 0.329 e. The van der Waals surface area contributed by atoms with Crippen LogP contribution in [-0.4, -0.2) is 30.1 Å². The van der Waals surface area contributed by atoms with Crippen LogP contribution in [0.1, 0.15) is 20.8 Å². The van der Waals surface area contributed by atoms with Gasteiger partial charge in [-0.25, -0.2) is 9.78 Å². The molecule has 0 aliphatic carbocycles. The van der Waals surface area contributed by atoms with Gasteiger partial charge in [-0.3, -0.25) is 19.1 Å². The molecule has 1 atom stereocenters. The predicted molar refractivity (Wildman–Crippen MR) is 86.4 cm³/mol. The average Bonchev–Trinajstić information content (AvgIpc) is 2.74. The fourth-order valence-electron chi connectivity index (χ4n) is 1.96. The summed E-state index contributed by atoms with van der Waals surface area (Å²) >= 11 is 1.26. The lowest BCUT2D eigenvalue weighted by Gasteiger charge is -2.10. The number of nitrogens with zero attached hydrogens (tertiary/aromatic N) is 3. The first kappa shape index (κ1) is 16.3. The number of aryl methyl sites for hydroxylation is 1. The summed E-state index contributed by atoms with van der Waals surface area (Å²) in [5, 5.41) is 0.226. The van der Waals surface area contributed by atoms with Crippen molar-refractivity contribution in [2.75, 3.05) is 0 Å². The molecule has 2 aromatic rings. The van der Waals surface area contributed by atoms with Gasteiger partial charge in [0.05, 0.1) is 5.25 Å². The van der Waals surface area contributed by atoms with Crippen molar-refractivity contribution in [3.63, 3.8) is 0 Å². The van der Waals surface area contributed by atoms with Gasteiger partial charge in [-0.1, -0.05) is 23.9 Å². The number of H-pyrrole nitrogens is 1. The summed E-state index contributed by atoms with van der Waals surface area (Å²) in [7, 11) is 1.54. The Balaban J connectivity index is 2.74. The van der Waals surface area contributed by atoms with Crippen LogP contribution in [0.4, 0.5) is 0 Å². The number of nitrogens with one attached hydrogen (secondary N) is 1. The Hall–Kier alpha value is -2.09. The summed E-state index contributed by atoms with van der Waals surface area (Å²) in [6, 6.07) is 0. The van der Waals surface area contributed by atoms with Crippen LogP contribution in [0.25, 0.3) is 11.2 Å². The smallest absolute Gasteiger partial charge is 0.309 e. The maximum absolute atomic E-state index is 12.2. The van der Waals surface area contributed by atoms with E-state index in [2.05, 4.69) is 16.5 Å². The number of carbonyl (C=O) groups is 1. The van der Waals surface area contributed by atoms with Crippen LogP contribution in [-0.2, 0) is 18.4 Å². The van der Waals surface area contributed by atoms with Crippen LogP contribution in [0.3, 0.4) is 0 Å². The maximum atomic E-state index is 12.2. The van der Waals surface area contributed by atoms with E-state index in [4.69, 9.17) is 0 Å². The molecule has 2 rings (SSSR count). The molecular formula is C14H18N4O3S. The molecule has 2 heterocycles. The van der Waals surface area contributed by atoms with Crippen molar-refractivity contribution < 1.29 is 4.79 Å². The number of imidazole rings is 1. The SMILES string of the molecule is C=C(C)Cn1c(SC(C)C(C)=O)nc2c1c(=O)[nH]c(=O)n2C. The van der Waals surface area contributed by atoms with Crippen molar-refractivity contribution in [3.8, 4) is 0 Å². The quantitative estimate of drug-likeness (QED) is 0.657. The van der Waals surface area contributed by atoms with Crippen molar-refractivity contribution in [3.05, 3.63) is 33.0 Å². The lowest BCUT2D eigenvalue weighted by Crippen LogP contribution is -2.29. The van der Waals surface area contributed by atoms with Crippen LogP contribution in [0.15, 0.2) is 26.9 Å². The average molecular weight is 322 g/mol. The molecule has 0 radical (unpaired) electrons. The third-order valence-electron chi connectivity index (χ3n) is 3.25. The topological polar surface area (TPSA) is 89.8 Å². The molecule has 0 spiro atoms. The van der Waals surface area contributed by atoms with Crippen molar-refractivity contribution in [2.45, 2.75) is 37.7 Å². The number of thioether (sulfide) groups is 1. The minimum absolute atomic E-state index is 0.0155. The van der Waals surface area contributed by atoms with E-state index >= 15 is 0 Å². The van der Waals surface area contributed by atoms with Gasteiger partial charge in [-0.15, -0.1) is 0 Å². The fourth-order valence-corrected chi connectivity index (χ4v) is 2.87. The Morgan fingerprint density at radius 1 is 1.41 bits per heavy atom. The van der Waals surface area contributed by atoms with Crippen LogP contribution < -0.4 is 11.2 Å². The highest BCUT2D eigenvalue weighted by Gasteiger charge is 2.20. The van der Waals surface area contributed by atoms with Crippen LogP contribution >= 0.6 is 11.8 Å². The number of Topliss-reactive ketones (excluding diaryl/α,β-unsaturated/α-hetero) is 1. The van der Waals surface area contributed by atoms with E-state index in [1.165, 1.54) is 23.3 Å². The van der Waals surface area contributed by atoms with Crippen LogP contribution in [0.2, 0.25) is 0 Å². The highest BCUT2D eigenvalue weighted by Crippen LogP contribution is 2.26. The van der Waals surface area contributed by atoms with Gasteiger partial charge in [0, 0.05) is 13.6 Å². The Morgan fingerprint density at radius 2 is 2.05 bits per heavy atom. The predicted octanol–water partition coefficient (Wildman–Crippen LogP) is 1.07. The molecular weight excluding hydrogens is 304 g/mol. The van der Waals surface area contributed by atoms with E-state index in [1.54, 1.807) is 18.5 Å². The summed E-state index contributed by atoms with van der Waals surface area (Å²) < 4.78 is 2.98. The number of fused-ring (bicyclic) bond motifs is 1. The second-order valence-electron chi connectivity index (χ2n) is 5.30. The molecule has 0 aromatic carbocycles. The Labute approximate surface area is 131 Å². The molecule has 118 valence electrons. The fraction of sp³-hybridized carbons (Fsp3) is 0.429. The van der Waals surface area contributed by atoms with Gasteiger partial charge < -0.3 is 4.57 Å². The van der Waals surface area contributed by atoms with Crippen molar-refractivity contribution in [1.82, 2.24) is 19.1 Å². The van der Waals surface area contributed by atoms with Crippen LogP contribution in [0, 0.1) is 0 Å². The Bertz CT molecular complexity index is 875. The van der Waals surface area contributed by atoms with Gasteiger partial charge in [0.1, 0.15) is 5.78 Å². The van der Waals surface area contributed by atoms with E-state index < -0.39 is 11.2 Å². The molecule has 0 amide bonds. The molecule has 8 heteroatoms. The lowest BCUT2D eigenvalue weighted by molar-refractivity contribution is -0.116. The second kappa shape index (κ2) is 5.96. The summed E-state index contributed by atoms with van der Waals surface area (Å²) in [5.74, 6) is 0.0155. The van der Waals surface area contributed by atoms with E-state index in [0.717, 1.165) is 5.57 Å². The number of hydrogen-bond acceptors (Lipinski definition) is 5. The first-order chi connectivity index (χ1) is 10.2. The summed E-state index contributed by atoms with van der Waals surface area (Å²) in [5.41, 5.74) is 0.435. The Morgan fingerprint density at radius 3 is 2.59 bits per heavy atom. The lowest BCUT2D eigenvalue weighted by atomic mass is 10.3. The van der Waals surface area contributed by atoms with Crippen molar-refractivity contribution in [2.24, 2.45) is 7.05 Å². The highest BCUT2D eigenvalue weighted by atomic mass is 32.2. The van der Waals surface area contributed by atoms with Gasteiger partial charge in [-0.05, 0) is 20.8 Å². The number of aromatic nitrogens is 4. The number of allylic oxidation sites excluding steroid dienone is 1. The first-order valence-corrected chi connectivity index (χ1v) is 7.61. The molecule has 1 N–H and O–H groups in total. The molecule has 1 unspecified atom stereocenters. The number of rotatable bonds is 5. The minimum atomic E-state index is -0.520. The number of ketones is 1. The number of carbonyl (C=O) groups excluding carboxylic acids is 1. The number of hydrogen-bond donors (Lipinski definition) is 1. The molecule has 0 aliphatic rings. The zero-order valence-corrected chi connectivity index (χ0v) is 13.8. The van der Waals surface area contributed by atoms with Gasteiger partial charge >= 0.3 is 5.69 Å². The third-order valence-corrected chi connectivity index (χ3v) is 4.46. The number of aromatic amines is 1. The standard InChI is InChI=1S/C14H18N4O3S/c1-7(2)6-18-10-11(17(5)13(21)16-12(10)20)15-14(18)22-9(4)8(3)19/h9H,1,6H2,2-5H3,(H,16,20,21). The molecule has 0 aliphatic heterocycles. The zero-order valence-electron chi connectivity index (χ0n) is 13.0. The third kappa shape index (κ3) is 2.92. The van der Waals surface area contributed by atoms with E-state index in [9.17, 15) is 14.4 Å². The van der Waals surface area contributed by atoms with Gasteiger partial charge in [0.25, 0.3) is 5.56 Å². The summed E-state index contributed by atoms with van der Waals surface area (Å²) in [4.78, 5) is 42.0. The first-order valence-electron chi connectivity index (χ1n) is 6.73. The van der Waals surface area contributed by atoms with E-state index in [0.29, 0.717) is 22.9 Å². The molecule has 0 bridgehead atoms. The van der Waals surface area contributed by atoms with E-state index in [1.807, 2.05) is 6.92 Å². The normalized spacial score (nSPS) is 12.5. The summed E-state index contributed by atoms with van der Waals surface area (Å²) in [6.07, 6.45) is 0. The molecule has 2 aromatic heterocycles. The Kier molecular flexibility index (Phi) is 4.41. The van der Waals surface area contributed by atoms with E-state index in [-0.39, 0.29) is 11.0 Å². The monoisotopic (exact) mass is 322 g/mol. The molecule has 0 fully saturated rings. The highest BCUT2D eigenvalue weighted by molar-refractivity contribution is 8.00. The second-order valence-corrected chi connectivity index (χ2v) is 6.61. The summed E-state index contributed by atoms with van der Waals surface area (Å²) in [6.45, 7) is 9.37. The largest absolute Gasteiger partial charge is 0.329 e. The van der Waals surface area contributed by atoms with Crippen LogP contribution in [0.5, 0.6) is 0 Å². The van der Waals surface area contributed by atoms with Gasteiger partial charge in [0.2, 0.25) is 0 Å². The van der Waals surface area contributed by atoms with Crippen molar-refractivity contribution in [1.29, 1.82) is 0 Å². The molecule has 22 heavy (non-hydrogen) atoms.